The number of unbranched alkanes of at least 4 members (excludes halogenated alkanes) is 1. The molecule has 2 aromatic carbocycles. The zero-order valence-corrected chi connectivity index (χ0v) is 16.8. The molecule has 0 spiro atoms. The number of carbonyl (C=O) groups is 4. The van der Waals surface area contributed by atoms with Crippen molar-refractivity contribution in [1.29, 1.82) is 0 Å². The van der Waals surface area contributed by atoms with Gasteiger partial charge in [0.2, 0.25) is 0 Å². The van der Waals surface area contributed by atoms with Gasteiger partial charge in [-0.3, -0.25) is 29.4 Å². The molecule has 0 aromatic heterocycles. The molecule has 0 bridgehead atoms. The zero-order valence-electron chi connectivity index (χ0n) is 16.8. The van der Waals surface area contributed by atoms with Crippen molar-refractivity contribution in [3.8, 4) is 0 Å². The summed E-state index contributed by atoms with van der Waals surface area (Å²) >= 11 is 0. The van der Waals surface area contributed by atoms with Gasteiger partial charge in [0.25, 0.3) is 17.5 Å². The molecule has 3 rings (SSSR count). The quantitative estimate of drug-likeness (QED) is 0.199. The van der Waals surface area contributed by atoms with Gasteiger partial charge in [0.15, 0.2) is 12.4 Å². The Hall–Kier alpha value is -3.88. The van der Waals surface area contributed by atoms with E-state index in [9.17, 15) is 29.3 Å². The van der Waals surface area contributed by atoms with Crippen molar-refractivity contribution in [3.05, 3.63) is 75.3 Å². The Morgan fingerprint density at radius 1 is 1.03 bits per heavy atom. The summed E-state index contributed by atoms with van der Waals surface area (Å²) < 4.78 is 5.13. The van der Waals surface area contributed by atoms with E-state index < -0.39 is 41.1 Å². The van der Waals surface area contributed by atoms with Crippen molar-refractivity contribution in [2.45, 2.75) is 32.2 Å². The van der Waals surface area contributed by atoms with Gasteiger partial charge in [-0.1, -0.05) is 31.9 Å². The van der Waals surface area contributed by atoms with Crippen LogP contribution in [0.15, 0.2) is 48.5 Å². The highest BCUT2D eigenvalue weighted by Gasteiger charge is 2.43. The number of hydrogen-bond acceptors (Lipinski definition) is 7. The van der Waals surface area contributed by atoms with Gasteiger partial charge < -0.3 is 4.74 Å². The number of Topliss-reactive ketones (excluding diaryl/α,β-unsaturated/α-hetero) is 1. The number of nitrogens with zero attached hydrogens (tertiary/aromatic N) is 2. The van der Waals surface area contributed by atoms with E-state index in [-0.39, 0.29) is 28.8 Å². The molecule has 2 amide bonds. The summed E-state index contributed by atoms with van der Waals surface area (Å²) in [5.74, 6) is -2.54. The number of non-ortho nitro benzene ring substituents is 1. The maximum Gasteiger partial charge on any atom is 0.329 e. The predicted molar refractivity (Wildman–Crippen MR) is 109 cm³/mol. The molecule has 1 aliphatic rings. The van der Waals surface area contributed by atoms with Crippen LogP contribution in [-0.2, 0) is 9.53 Å². The molecule has 9 heteroatoms. The summed E-state index contributed by atoms with van der Waals surface area (Å²) in [4.78, 5) is 61.5. The highest BCUT2D eigenvalue weighted by Crippen LogP contribution is 2.27. The monoisotopic (exact) mass is 424 g/mol. The number of imide groups is 1. The number of nitro groups is 1. The van der Waals surface area contributed by atoms with E-state index in [0.717, 1.165) is 11.3 Å². The van der Waals surface area contributed by atoms with Crippen LogP contribution < -0.4 is 0 Å². The molecule has 0 aliphatic carbocycles. The minimum atomic E-state index is -1.14. The standard InChI is InChI=1S/C22H20N2O7/c1-2-3-8-18(23-20(26)16-6-4-5-7-17(16)21(23)27)22(28)31-13-19(25)14-9-11-15(12-10-14)24(29)30/h4-7,9-12,18H,2-3,8,13H2,1H3/t18-/m0/s1. The second-order valence-corrected chi connectivity index (χ2v) is 7.02. The van der Waals surface area contributed by atoms with Crippen LogP contribution in [0.4, 0.5) is 5.69 Å². The lowest BCUT2D eigenvalue weighted by Crippen LogP contribution is -2.46. The highest BCUT2D eigenvalue weighted by atomic mass is 16.6. The maximum atomic E-state index is 12.7. The van der Waals surface area contributed by atoms with Gasteiger partial charge in [-0.15, -0.1) is 0 Å². The predicted octanol–water partition coefficient (Wildman–Crippen LogP) is 3.18. The second kappa shape index (κ2) is 9.29. The third-order valence-electron chi connectivity index (χ3n) is 4.99. The van der Waals surface area contributed by atoms with Crippen LogP contribution in [0, 0.1) is 10.1 Å². The molecule has 0 fully saturated rings. The van der Waals surface area contributed by atoms with E-state index >= 15 is 0 Å². The van der Waals surface area contributed by atoms with E-state index in [4.69, 9.17) is 4.74 Å². The summed E-state index contributed by atoms with van der Waals surface area (Å²) in [5.41, 5.74) is 0.426. The second-order valence-electron chi connectivity index (χ2n) is 7.02. The van der Waals surface area contributed by atoms with Crippen LogP contribution in [0.5, 0.6) is 0 Å². The smallest absolute Gasteiger partial charge is 0.329 e. The third kappa shape index (κ3) is 4.50. The number of fused-ring (bicyclic) bond motifs is 1. The number of hydrogen-bond donors (Lipinski definition) is 0. The number of benzene rings is 2. The molecular weight excluding hydrogens is 404 g/mol. The largest absolute Gasteiger partial charge is 0.456 e. The van der Waals surface area contributed by atoms with Gasteiger partial charge >= 0.3 is 5.97 Å². The summed E-state index contributed by atoms with van der Waals surface area (Å²) in [6.07, 6.45) is 1.52. The lowest BCUT2D eigenvalue weighted by Gasteiger charge is -2.24. The number of rotatable bonds is 9. The Balaban J connectivity index is 1.72. The van der Waals surface area contributed by atoms with Gasteiger partial charge in [0, 0.05) is 17.7 Å². The molecule has 1 aliphatic heterocycles. The first-order chi connectivity index (χ1) is 14.8. The van der Waals surface area contributed by atoms with Crippen molar-refractivity contribution in [2.75, 3.05) is 6.61 Å². The Morgan fingerprint density at radius 3 is 2.13 bits per heavy atom. The molecule has 160 valence electrons. The Morgan fingerprint density at radius 2 is 1.61 bits per heavy atom. The van der Waals surface area contributed by atoms with Crippen LogP contribution in [0.25, 0.3) is 0 Å². The van der Waals surface area contributed by atoms with Gasteiger partial charge in [-0.2, -0.15) is 0 Å². The molecular formula is C22H20N2O7. The van der Waals surface area contributed by atoms with Crippen LogP contribution in [0.1, 0.15) is 57.3 Å². The molecule has 0 saturated heterocycles. The zero-order chi connectivity index (χ0) is 22.5. The fourth-order valence-electron chi connectivity index (χ4n) is 3.33. The molecule has 0 saturated carbocycles. The summed E-state index contributed by atoms with van der Waals surface area (Å²) in [6.45, 7) is 1.30. The molecule has 0 N–H and O–H groups in total. The molecule has 1 atom stereocenters. The van der Waals surface area contributed by atoms with Crippen molar-refractivity contribution in [3.63, 3.8) is 0 Å². The van der Waals surface area contributed by atoms with Crippen LogP contribution in [0.3, 0.4) is 0 Å². The van der Waals surface area contributed by atoms with Gasteiger partial charge in [0.05, 0.1) is 16.1 Å². The first kappa shape index (κ1) is 21.8. The number of carbonyl (C=O) groups excluding carboxylic acids is 4. The summed E-state index contributed by atoms with van der Waals surface area (Å²) in [5, 5.41) is 10.7. The van der Waals surface area contributed by atoms with E-state index in [2.05, 4.69) is 0 Å². The Bertz CT molecular complexity index is 1010. The summed E-state index contributed by atoms with van der Waals surface area (Å²) in [6, 6.07) is 10.1. The highest BCUT2D eigenvalue weighted by molar-refractivity contribution is 6.22. The van der Waals surface area contributed by atoms with Gasteiger partial charge in [-0.25, -0.2) is 4.79 Å². The average Bonchev–Trinajstić information content (AvgIpc) is 3.03. The Kier molecular flexibility index (Phi) is 6.54. The lowest BCUT2D eigenvalue weighted by atomic mass is 10.1. The van der Waals surface area contributed by atoms with E-state index in [1.807, 2.05) is 6.92 Å². The van der Waals surface area contributed by atoms with Crippen LogP contribution in [-0.4, -0.2) is 46.0 Å². The van der Waals surface area contributed by atoms with Gasteiger partial charge in [0.1, 0.15) is 6.04 Å². The number of ether oxygens (including phenoxy) is 1. The minimum Gasteiger partial charge on any atom is -0.456 e. The fraction of sp³-hybridized carbons (Fsp3) is 0.273. The van der Waals surface area contributed by atoms with Crippen LogP contribution >= 0.6 is 0 Å². The Labute approximate surface area is 177 Å². The van der Waals surface area contributed by atoms with Crippen molar-refractivity contribution >= 4 is 29.3 Å². The number of nitro benzene ring substituents is 1. The first-order valence-corrected chi connectivity index (χ1v) is 9.76. The molecule has 31 heavy (non-hydrogen) atoms. The molecule has 2 aromatic rings. The van der Waals surface area contributed by atoms with Crippen LogP contribution in [0.2, 0.25) is 0 Å². The topological polar surface area (TPSA) is 124 Å². The normalized spacial score (nSPS) is 13.6. The third-order valence-corrected chi connectivity index (χ3v) is 4.99. The molecule has 1 heterocycles. The van der Waals surface area contributed by atoms with Crippen molar-refractivity contribution in [2.24, 2.45) is 0 Å². The summed E-state index contributed by atoms with van der Waals surface area (Å²) in [7, 11) is 0. The maximum absolute atomic E-state index is 12.7. The number of ketones is 1. The van der Waals surface area contributed by atoms with Gasteiger partial charge in [-0.05, 0) is 30.7 Å². The number of amides is 2. The van der Waals surface area contributed by atoms with Crippen molar-refractivity contribution in [1.82, 2.24) is 4.90 Å². The minimum absolute atomic E-state index is 0.143. The van der Waals surface area contributed by atoms with E-state index in [0.29, 0.717) is 6.42 Å². The lowest BCUT2D eigenvalue weighted by molar-refractivity contribution is -0.384. The first-order valence-electron chi connectivity index (χ1n) is 9.76. The molecule has 9 nitrogen and oxygen atoms in total. The SMILES string of the molecule is CCCC[C@@H](C(=O)OCC(=O)c1ccc([N+](=O)[O-])cc1)N1C(=O)c2ccccc2C1=O. The fourth-order valence-corrected chi connectivity index (χ4v) is 3.33. The molecule has 0 unspecified atom stereocenters. The van der Waals surface area contributed by atoms with E-state index in [1.54, 1.807) is 12.1 Å². The number of esters is 1. The average molecular weight is 424 g/mol. The molecule has 0 radical (unpaired) electrons. The van der Waals surface area contributed by atoms with Crippen molar-refractivity contribution < 1.29 is 28.8 Å². The van der Waals surface area contributed by atoms with E-state index in [1.165, 1.54) is 36.4 Å².